The van der Waals surface area contributed by atoms with Crippen molar-refractivity contribution in [2.75, 3.05) is 0 Å². The fourth-order valence-corrected chi connectivity index (χ4v) is 5.90. The molecule has 5 aromatic carbocycles. The van der Waals surface area contributed by atoms with Crippen LogP contribution in [0.3, 0.4) is 0 Å². The molecule has 4 heteroatoms. The van der Waals surface area contributed by atoms with Crippen LogP contribution in [0.4, 0.5) is 0 Å². The van der Waals surface area contributed by atoms with Gasteiger partial charge in [0.25, 0.3) is 0 Å². The highest BCUT2D eigenvalue weighted by molar-refractivity contribution is 7.22. The number of aromatic nitrogens is 3. The second-order valence-corrected chi connectivity index (χ2v) is 10.3. The van der Waals surface area contributed by atoms with Crippen LogP contribution in [0.15, 0.2) is 140 Å². The molecule has 3 nitrogen and oxygen atoms in total. The van der Waals surface area contributed by atoms with Crippen molar-refractivity contribution in [3.8, 4) is 55.6 Å². The highest BCUT2D eigenvalue weighted by Gasteiger charge is 2.14. The van der Waals surface area contributed by atoms with Crippen molar-refractivity contribution in [2.45, 2.75) is 0 Å². The average Bonchev–Trinajstić information content (AvgIpc) is 3.47. The first-order valence-corrected chi connectivity index (χ1v) is 13.7. The van der Waals surface area contributed by atoms with Crippen molar-refractivity contribution >= 4 is 21.6 Å². The summed E-state index contributed by atoms with van der Waals surface area (Å²) in [6, 6.07) is 47.9. The van der Waals surface area contributed by atoms with E-state index in [0.717, 1.165) is 55.6 Å². The van der Waals surface area contributed by atoms with Gasteiger partial charge >= 0.3 is 0 Å². The summed E-state index contributed by atoms with van der Waals surface area (Å²) >= 11 is 1.74. The fraction of sp³-hybridized carbons (Fsp3) is 0. The number of hydrogen-bond donors (Lipinski definition) is 0. The zero-order valence-electron chi connectivity index (χ0n) is 21.0. The lowest BCUT2D eigenvalue weighted by Crippen LogP contribution is -1.96. The molecule has 0 aliphatic rings. The second kappa shape index (κ2) is 10.1. The molecule has 0 aliphatic heterocycles. The van der Waals surface area contributed by atoms with E-state index in [1.54, 1.807) is 11.3 Å². The number of rotatable bonds is 5. The van der Waals surface area contributed by atoms with Crippen LogP contribution in [-0.4, -0.2) is 15.0 Å². The van der Waals surface area contributed by atoms with E-state index in [9.17, 15) is 0 Å². The minimum absolute atomic E-state index is 0.717. The summed E-state index contributed by atoms with van der Waals surface area (Å²) in [4.78, 5) is 14.9. The van der Waals surface area contributed by atoms with Gasteiger partial charge in [-0.25, -0.2) is 15.0 Å². The van der Waals surface area contributed by atoms with E-state index in [0.29, 0.717) is 0 Å². The minimum Gasteiger partial charge on any atom is -0.236 e. The average molecular weight is 518 g/mol. The number of hydrogen-bond acceptors (Lipinski definition) is 4. The Hall–Kier alpha value is -4.93. The third-order valence-corrected chi connectivity index (χ3v) is 7.89. The van der Waals surface area contributed by atoms with Gasteiger partial charge in [-0.1, -0.05) is 121 Å². The predicted octanol–water partition coefficient (Wildman–Crippen LogP) is 9.42. The Kier molecular flexibility index (Phi) is 6.00. The van der Waals surface area contributed by atoms with Crippen LogP contribution >= 0.6 is 11.3 Å². The van der Waals surface area contributed by atoms with Crippen LogP contribution in [0, 0.1) is 0 Å². The Morgan fingerprint density at radius 3 is 1.69 bits per heavy atom. The largest absolute Gasteiger partial charge is 0.236 e. The normalized spacial score (nSPS) is 11.1. The lowest BCUT2D eigenvalue weighted by Gasteiger charge is -2.11. The maximum Gasteiger partial charge on any atom is 0.160 e. The van der Waals surface area contributed by atoms with Crippen LogP contribution in [0.25, 0.3) is 65.8 Å². The SMILES string of the molecule is c1ccc(-c2cc(-c3cccc(-c4cccc5nc(-c6ccccc6)sc45)c3)nc(-c3ccccc3)n2)cc1. The quantitative estimate of drug-likeness (QED) is 0.228. The van der Waals surface area contributed by atoms with E-state index in [4.69, 9.17) is 15.0 Å². The Labute approximate surface area is 231 Å². The fourth-order valence-electron chi connectivity index (χ4n) is 4.79. The topological polar surface area (TPSA) is 38.7 Å². The van der Waals surface area contributed by atoms with Gasteiger partial charge in [-0.05, 0) is 23.8 Å². The molecule has 0 bridgehead atoms. The lowest BCUT2D eigenvalue weighted by molar-refractivity contribution is 1.18. The summed E-state index contributed by atoms with van der Waals surface area (Å²) in [7, 11) is 0. The molecule has 0 N–H and O–H groups in total. The molecule has 0 fully saturated rings. The van der Waals surface area contributed by atoms with Gasteiger partial charge in [0.1, 0.15) is 5.01 Å². The summed E-state index contributed by atoms with van der Waals surface area (Å²) in [6.45, 7) is 0. The summed E-state index contributed by atoms with van der Waals surface area (Å²) in [6.07, 6.45) is 0. The van der Waals surface area contributed by atoms with Gasteiger partial charge in [-0.15, -0.1) is 11.3 Å². The summed E-state index contributed by atoms with van der Waals surface area (Å²) < 4.78 is 1.19. The molecule has 2 heterocycles. The van der Waals surface area contributed by atoms with Crippen LogP contribution in [-0.2, 0) is 0 Å². The van der Waals surface area contributed by atoms with Gasteiger partial charge in [-0.2, -0.15) is 0 Å². The molecule has 0 unspecified atom stereocenters. The highest BCUT2D eigenvalue weighted by Crippen LogP contribution is 2.38. The van der Waals surface area contributed by atoms with Gasteiger partial charge in [0.2, 0.25) is 0 Å². The highest BCUT2D eigenvalue weighted by atomic mass is 32.1. The molecule has 0 saturated heterocycles. The summed E-state index contributed by atoms with van der Waals surface area (Å²) in [5.41, 5.74) is 9.38. The van der Waals surface area contributed by atoms with Crippen molar-refractivity contribution in [1.29, 1.82) is 0 Å². The van der Waals surface area contributed by atoms with Crippen LogP contribution in [0.2, 0.25) is 0 Å². The molecule has 0 saturated carbocycles. The van der Waals surface area contributed by atoms with Gasteiger partial charge < -0.3 is 0 Å². The van der Waals surface area contributed by atoms with Crippen LogP contribution < -0.4 is 0 Å². The van der Waals surface area contributed by atoms with E-state index < -0.39 is 0 Å². The predicted molar refractivity (Wildman–Crippen MR) is 162 cm³/mol. The maximum atomic E-state index is 5.02. The van der Waals surface area contributed by atoms with Crippen molar-refractivity contribution < 1.29 is 0 Å². The lowest BCUT2D eigenvalue weighted by atomic mass is 10.0. The van der Waals surface area contributed by atoms with Gasteiger partial charge in [0, 0.05) is 27.8 Å². The molecular weight excluding hydrogens is 494 g/mol. The molecule has 0 aliphatic carbocycles. The molecule has 0 radical (unpaired) electrons. The third-order valence-electron chi connectivity index (χ3n) is 6.73. The Morgan fingerprint density at radius 2 is 0.974 bits per heavy atom. The van der Waals surface area contributed by atoms with E-state index >= 15 is 0 Å². The zero-order chi connectivity index (χ0) is 26.0. The molecule has 7 aromatic rings. The van der Waals surface area contributed by atoms with Gasteiger partial charge in [-0.3, -0.25) is 0 Å². The Morgan fingerprint density at radius 1 is 0.410 bits per heavy atom. The number of benzene rings is 5. The van der Waals surface area contributed by atoms with Crippen molar-refractivity contribution in [3.05, 3.63) is 140 Å². The summed E-state index contributed by atoms with van der Waals surface area (Å²) in [5, 5.41) is 1.03. The monoisotopic (exact) mass is 517 g/mol. The van der Waals surface area contributed by atoms with Gasteiger partial charge in [0.15, 0.2) is 5.82 Å². The van der Waals surface area contributed by atoms with E-state index in [2.05, 4.69) is 97.1 Å². The van der Waals surface area contributed by atoms with Crippen molar-refractivity contribution in [3.63, 3.8) is 0 Å². The number of thiazole rings is 1. The second-order valence-electron chi connectivity index (χ2n) is 9.31. The van der Waals surface area contributed by atoms with E-state index in [-0.39, 0.29) is 0 Å². The molecule has 184 valence electrons. The third kappa shape index (κ3) is 4.63. The van der Waals surface area contributed by atoms with Crippen LogP contribution in [0.5, 0.6) is 0 Å². The maximum absolute atomic E-state index is 5.02. The molecule has 0 atom stereocenters. The first-order chi connectivity index (χ1) is 19.3. The van der Waals surface area contributed by atoms with Gasteiger partial charge in [0.05, 0.1) is 21.6 Å². The Bertz CT molecular complexity index is 1840. The molecule has 0 spiro atoms. The molecule has 2 aromatic heterocycles. The minimum atomic E-state index is 0.717. The standard InChI is InChI=1S/C35H23N3S/c1-4-12-24(13-5-1)31-23-32(37-34(36-31)25-14-6-2-7-15-25)28-19-10-18-27(22-28)29-20-11-21-30-33(29)39-35(38-30)26-16-8-3-9-17-26/h1-23H. The summed E-state index contributed by atoms with van der Waals surface area (Å²) in [5.74, 6) is 0.717. The smallest absolute Gasteiger partial charge is 0.160 e. The molecule has 39 heavy (non-hydrogen) atoms. The number of nitrogens with zero attached hydrogens (tertiary/aromatic N) is 3. The van der Waals surface area contributed by atoms with E-state index in [1.165, 1.54) is 10.3 Å². The van der Waals surface area contributed by atoms with Crippen LogP contribution in [0.1, 0.15) is 0 Å². The van der Waals surface area contributed by atoms with Crippen molar-refractivity contribution in [2.24, 2.45) is 0 Å². The first kappa shape index (κ1) is 23.2. The Balaban J connectivity index is 1.36. The molecule has 0 amide bonds. The molecular formula is C35H23N3S. The molecule has 7 rings (SSSR count). The van der Waals surface area contributed by atoms with E-state index in [1.807, 2.05) is 42.5 Å². The number of fused-ring (bicyclic) bond motifs is 1. The first-order valence-electron chi connectivity index (χ1n) is 12.9. The zero-order valence-corrected chi connectivity index (χ0v) is 21.8. The van der Waals surface area contributed by atoms with Crippen molar-refractivity contribution in [1.82, 2.24) is 15.0 Å².